The van der Waals surface area contributed by atoms with E-state index in [9.17, 15) is 8.78 Å². The molecular weight excluding hydrogens is 256 g/mol. The topological polar surface area (TPSA) is 12.0 Å². The molecule has 2 aromatic carbocycles. The van der Waals surface area contributed by atoms with E-state index >= 15 is 0 Å². The van der Waals surface area contributed by atoms with E-state index in [4.69, 9.17) is 0 Å². The van der Waals surface area contributed by atoms with Crippen LogP contribution in [0.1, 0.15) is 16.7 Å². The second-order valence-electron chi connectivity index (χ2n) is 5.62. The first-order valence-corrected chi connectivity index (χ1v) is 6.81. The molecule has 20 heavy (non-hydrogen) atoms. The van der Waals surface area contributed by atoms with Gasteiger partial charge >= 0.3 is 0 Å². The predicted octanol–water partition coefficient (Wildman–Crippen LogP) is 3.36. The third-order valence-electron chi connectivity index (χ3n) is 4.17. The van der Waals surface area contributed by atoms with Crippen LogP contribution in [0, 0.1) is 18.6 Å². The van der Waals surface area contributed by atoms with Crippen LogP contribution in [-0.4, -0.2) is 13.1 Å². The summed E-state index contributed by atoms with van der Waals surface area (Å²) >= 11 is 0. The Labute approximate surface area is 117 Å². The molecule has 1 nitrogen and oxygen atoms in total. The first-order chi connectivity index (χ1) is 9.61. The second-order valence-corrected chi connectivity index (χ2v) is 5.62. The average molecular weight is 273 g/mol. The van der Waals surface area contributed by atoms with Gasteiger partial charge in [0.15, 0.2) is 11.6 Å². The van der Waals surface area contributed by atoms with Crippen LogP contribution in [0.25, 0.3) is 0 Å². The van der Waals surface area contributed by atoms with Gasteiger partial charge < -0.3 is 5.32 Å². The highest BCUT2D eigenvalue weighted by Crippen LogP contribution is 2.34. The number of hydrogen-bond donors (Lipinski definition) is 1. The standard InChI is InChI=1S/C17H17F2N/c1-12-4-2-3-5-14(12)17(10-20-11-17)9-13-6-7-15(18)16(19)8-13/h2-8,20H,9-11H2,1H3. The zero-order valence-corrected chi connectivity index (χ0v) is 11.4. The van der Waals surface area contributed by atoms with E-state index in [1.807, 2.05) is 12.1 Å². The molecule has 2 aromatic rings. The Morgan fingerprint density at radius 3 is 2.40 bits per heavy atom. The molecule has 1 saturated heterocycles. The molecule has 0 saturated carbocycles. The van der Waals surface area contributed by atoms with E-state index in [0.29, 0.717) is 0 Å². The Bertz CT molecular complexity index is 633. The molecule has 0 radical (unpaired) electrons. The number of rotatable bonds is 3. The maximum atomic E-state index is 13.4. The van der Waals surface area contributed by atoms with Gasteiger partial charge in [-0.3, -0.25) is 0 Å². The Kier molecular flexibility index (Phi) is 3.30. The molecule has 0 aromatic heterocycles. The molecular formula is C17H17F2N. The molecule has 0 bridgehead atoms. The number of aryl methyl sites for hydroxylation is 1. The van der Waals surface area contributed by atoms with Crippen molar-refractivity contribution >= 4 is 0 Å². The maximum Gasteiger partial charge on any atom is 0.159 e. The molecule has 0 unspecified atom stereocenters. The summed E-state index contributed by atoms with van der Waals surface area (Å²) in [5.74, 6) is -1.56. The van der Waals surface area contributed by atoms with E-state index in [1.165, 1.54) is 23.3 Å². The Morgan fingerprint density at radius 2 is 1.80 bits per heavy atom. The highest BCUT2D eigenvalue weighted by atomic mass is 19.2. The van der Waals surface area contributed by atoms with Crippen LogP contribution in [0.5, 0.6) is 0 Å². The fourth-order valence-corrected chi connectivity index (χ4v) is 3.05. The first-order valence-electron chi connectivity index (χ1n) is 6.81. The number of halogens is 2. The van der Waals surface area contributed by atoms with Gasteiger partial charge in [-0.1, -0.05) is 30.3 Å². The zero-order chi connectivity index (χ0) is 14.2. The van der Waals surface area contributed by atoms with E-state index in [1.54, 1.807) is 6.07 Å². The molecule has 1 aliphatic heterocycles. The summed E-state index contributed by atoms with van der Waals surface area (Å²) in [6, 6.07) is 12.5. The molecule has 104 valence electrons. The normalized spacial score (nSPS) is 16.8. The largest absolute Gasteiger partial charge is 0.315 e. The lowest BCUT2D eigenvalue weighted by molar-refractivity contribution is 0.273. The highest BCUT2D eigenvalue weighted by Gasteiger charge is 2.39. The van der Waals surface area contributed by atoms with Gasteiger partial charge in [-0.2, -0.15) is 0 Å². The van der Waals surface area contributed by atoms with Gasteiger partial charge in [0.2, 0.25) is 0 Å². The smallest absolute Gasteiger partial charge is 0.159 e. The maximum absolute atomic E-state index is 13.4. The highest BCUT2D eigenvalue weighted by molar-refractivity contribution is 5.39. The molecule has 0 spiro atoms. The van der Waals surface area contributed by atoms with Crippen molar-refractivity contribution in [2.75, 3.05) is 13.1 Å². The lowest BCUT2D eigenvalue weighted by Gasteiger charge is -2.44. The van der Waals surface area contributed by atoms with Gasteiger partial charge in [0.25, 0.3) is 0 Å². The Morgan fingerprint density at radius 1 is 1.05 bits per heavy atom. The molecule has 1 N–H and O–H groups in total. The minimum Gasteiger partial charge on any atom is -0.315 e. The van der Waals surface area contributed by atoms with Crippen molar-refractivity contribution in [1.82, 2.24) is 5.32 Å². The van der Waals surface area contributed by atoms with Gasteiger partial charge in [0.1, 0.15) is 0 Å². The van der Waals surface area contributed by atoms with Crippen LogP contribution in [0.2, 0.25) is 0 Å². The minimum absolute atomic E-state index is 0.00435. The van der Waals surface area contributed by atoms with Gasteiger partial charge in [-0.05, 0) is 42.2 Å². The van der Waals surface area contributed by atoms with Gasteiger partial charge in [0, 0.05) is 18.5 Å². The van der Waals surface area contributed by atoms with Crippen LogP contribution >= 0.6 is 0 Å². The van der Waals surface area contributed by atoms with Crippen molar-refractivity contribution in [3.8, 4) is 0 Å². The zero-order valence-electron chi connectivity index (χ0n) is 11.4. The summed E-state index contributed by atoms with van der Waals surface area (Å²) in [5.41, 5.74) is 3.38. The predicted molar refractivity (Wildman–Crippen MR) is 75.8 cm³/mol. The average Bonchev–Trinajstić information content (AvgIpc) is 2.39. The second kappa shape index (κ2) is 4.98. The number of nitrogens with one attached hydrogen (secondary N) is 1. The molecule has 0 amide bonds. The quantitative estimate of drug-likeness (QED) is 0.904. The fourth-order valence-electron chi connectivity index (χ4n) is 3.05. The lowest BCUT2D eigenvalue weighted by atomic mass is 9.69. The summed E-state index contributed by atoms with van der Waals surface area (Å²) in [7, 11) is 0. The van der Waals surface area contributed by atoms with Crippen molar-refractivity contribution in [2.24, 2.45) is 0 Å². The van der Waals surface area contributed by atoms with Gasteiger partial charge in [0.05, 0.1) is 0 Å². The van der Waals surface area contributed by atoms with Crippen molar-refractivity contribution < 1.29 is 8.78 Å². The monoisotopic (exact) mass is 273 g/mol. The molecule has 0 aliphatic carbocycles. The van der Waals surface area contributed by atoms with Crippen LogP contribution in [0.4, 0.5) is 8.78 Å². The Hall–Kier alpha value is -1.74. The van der Waals surface area contributed by atoms with Crippen LogP contribution < -0.4 is 5.32 Å². The van der Waals surface area contributed by atoms with E-state index in [2.05, 4.69) is 24.4 Å². The summed E-state index contributed by atoms with van der Waals surface area (Å²) in [6.07, 6.45) is 0.724. The van der Waals surface area contributed by atoms with Crippen molar-refractivity contribution in [3.63, 3.8) is 0 Å². The Balaban J connectivity index is 1.94. The fraction of sp³-hybridized carbons (Fsp3) is 0.294. The van der Waals surface area contributed by atoms with Crippen molar-refractivity contribution in [2.45, 2.75) is 18.8 Å². The molecule has 1 heterocycles. The first kappa shape index (κ1) is 13.3. The molecule has 0 atom stereocenters. The summed E-state index contributed by atoms with van der Waals surface area (Å²) in [5, 5.41) is 3.31. The van der Waals surface area contributed by atoms with Crippen LogP contribution in [0.3, 0.4) is 0 Å². The molecule has 1 aliphatic rings. The van der Waals surface area contributed by atoms with Crippen molar-refractivity contribution in [1.29, 1.82) is 0 Å². The van der Waals surface area contributed by atoms with E-state index in [-0.39, 0.29) is 5.41 Å². The van der Waals surface area contributed by atoms with E-state index < -0.39 is 11.6 Å². The summed E-state index contributed by atoms with van der Waals surface area (Å²) < 4.78 is 26.4. The number of benzene rings is 2. The van der Waals surface area contributed by atoms with Gasteiger partial charge in [-0.15, -0.1) is 0 Å². The molecule has 3 heteroatoms. The SMILES string of the molecule is Cc1ccccc1C1(Cc2ccc(F)c(F)c2)CNC1. The van der Waals surface area contributed by atoms with E-state index in [0.717, 1.165) is 25.1 Å². The van der Waals surface area contributed by atoms with Crippen molar-refractivity contribution in [3.05, 3.63) is 70.8 Å². The summed E-state index contributed by atoms with van der Waals surface area (Å²) in [6.45, 7) is 3.84. The lowest BCUT2D eigenvalue weighted by Crippen LogP contribution is -2.58. The van der Waals surface area contributed by atoms with Crippen LogP contribution in [0.15, 0.2) is 42.5 Å². The van der Waals surface area contributed by atoms with Gasteiger partial charge in [-0.25, -0.2) is 8.78 Å². The molecule has 3 rings (SSSR count). The minimum atomic E-state index is -0.787. The third kappa shape index (κ3) is 2.22. The third-order valence-corrected chi connectivity index (χ3v) is 4.17. The number of hydrogen-bond acceptors (Lipinski definition) is 1. The summed E-state index contributed by atoms with van der Waals surface area (Å²) in [4.78, 5) is 0. The van der Waals surface area contributed by atoms with Crippen LogP contribution in [-0.2, 0) is 11.8 Å². The molecule has 1 fully saturated rings.